The van der Waals surface area contributed by atoms with Gasteiger partial charge in [0.2, 0.25) is 5.91 Å². The van der Waals surface area contributed by atoms with E-state index in [9.17, 15) is 4.79 Å². The average Bonchev–Trinajstić information content (AvgIpc) is 2.66. The molecule has 88 valence electrons. The van der Waals surface area contributed by atoms with Gasteiger partial charge in [-0.05, 0) is 26.9 Å². The zero-order valence-electron chi connectivity index (χ0n) is 9.53. The summed E-state index contributed by atoms with van der Waals surface area (Å²) in [6.07, 6.45) is 2.58. The standard InChI is InChI=1S/C10H21N3O2/c1-12-9(10(11)14)7-13(2)6-8-4-3-5-15-8/h8-9,12H,3-7H2,1-2H3,(H2,11,14). The fourth-order valence-electron chi connectivity index (χ4n) is 1.85. The predicted octanol–water partition coefficient (Wildman–Crippen LogP) is -0.829. The number of hydrogen-bond donors (Lipinski definition) is 2. The van der Waals surface area contributed by atoms with Gasteiger partial charge in [-0.25, -0.2) is 0 Å². The average molecular weight is 215 g/mol. The van der Waals surface area contributed by atoms with Gasteiger partial charge < -0.3 is 20.7 Å². The van der Waals surface area contributed by atoms with Crippen LogP contribution in [0.3, 0.4) is 0 Å². The third-order valence-corrected chi connectivity index (χ3v) is 2.73. The fraction of sp³-hybridized carbons (Fsp3) is 0.900. The largest absolute Gasteiger partial charge is 0.377 e. The highest BCUT2D eigenvalue weighted by Gasteiger charge is 2.20. The lowest BCUT2D eigenvalue weighted by molar-refractivity contribution is -0.120. The number of primary amides is 1. The van der Waals surface area contributed by atoms with Gasteiger partial charge in [0.25, 0.3) is 0 Å². The Kier molecular flexibility index (Phi) is 5.01. The van der Waals surface area contributed by atoms with Crippen molar-refractivity contribution in [2.75, 3.05) is 33.8 Å². The Bertz CT molecular complexity index is 205. The molecule has 2 atom stereocenters. The minimum Gasteiger partial charge on any atom is -0.377 e. The molecule has 1 rings (SSSR count). The summed E-state index contributed by atoms with van der Waals surface area (Å²) in [5, 5.41) is 2.90. The molecule has 0 saturated carbocycles. The third kappa shape index (κ3) is 4.15. The lowest BCUT2D eigenvalue weighted by Crippen LogP contribution is -2.48. The van der Waals surface area contributed by atoms with Crippen LogP contribution in [0.15, 0.2) is 0 Å². The number of rotatable bonds is 6. The number of hydrogen-bond acceptors (Lipinski definition) is 4. The molecule has 5 nitrogen and oxygen atoms in total. The second-order valence-corrected chi connectivity index (χ2v) is 4.10. The quantitative estimate of drug-likeness (QED) is 0.607. The van der Waals surface area contributed by atoms with Crippen LogP contribution in [0.1, 0.15) is 12.8 Å². The molecule has 0 aromatic rings. The molecule has 0 aromatic carbocycles. The Hall–Kier alpha value is -0.650. The van der Waals surface area contributed by atoms with Crippen LogP contribution in [-0.4, -0.2) is 56.7 Å². The number of likely N-dealkylation sites (N-methyl/N-ethyl adjacent to an activating group) is 2. The van der Waals surface area contributed by atoms with Crippen molar-refractivity contribution < 1.29 is 9.53 Å². The SMILES string of the molecule is CNC(CN(C)CC1CCCO1)C(N)=O. The fourth-order valence-corrected chi connectivity index (χ4v) is 1.85. The predicted molar refractivity (Wildman–Crippen MR) is 58.5 cm³/mol. The highest BCUT2D eigenvalue weighted by atomic mass is 16.5. The van der Waals surface area contributed by atoms with Crippen LogP contribution in [0, 0.1) is 0 Å². The molecule has 1 heterocycles. The van der Waals surface area contributed by atoms with Crippen LogP contribution in [0.5, 0.6) is 0 Å². The van der Waals surface area contributed by atoms with Crippen LogP contribution in [-0.2, 0) is 9.53 Å². The Morgan fingerprint density at radius 1 is 1.73 bits per heavy atom. The first-order valence-corrected chi connectivity index (χ1v) is 5.40. The van der Waals surface area contributed by atoms with Crippen molar-refractivity contribution in [3.8, 4) is 0 Å². The van der Waals surface area contributed by atoms with E-state index in [-0.39, 0.29) is 11.9 Å². The Morgan fingerprint density at radius 3 is 2.93 bits per heavy atom. The van der Waals surface area contributed by atoms with Gasteiger partial charge in [-0.3, -0.25) is 4.79 Å². The number of nitrogens with one attached hydrogen (secondary N) is 1. The van der Waals surface area contributed by atoms with Gasteiger partial charge in [0, 0.05) is 19.7 Å². The molecule has 15 heavy (non-hydrogen) atoms. The van der Waals surface area contributed by atoms with Crippen molar-refractivity contribution in [2.24, 2.45) is 5.73 Å². The van der Waals surface area contributed by atoms with Gasteiger partial charge in [-0.2, -0.15) is 0 Å². The first-order valence-electron chi connectivity index (χ1n) is 5.40. The van der Waals surface area contributed by atoms with E-state index in [1.165, 1.54) is 0 Å². The topological polar surface area (TPSA) is 67.6 Å². The van der Waals surface area contributed by atoms with Crippen molar-refractivity contribution in [1.29, 1.82) is 0 Å². The van der Waals surface area contributed by atoms with E-state index in [1.807, 2.05) is 7.05 Å². The smallest absolute Gasteiger partial charge is 0.235 e. The minimum absolute atomic E-state index is 0.281. The number of ether oxygens (including phenoxy) is 1. The lowest BCUT2D eigenvalue weighted by Gasteiger charge is -2.23. The second-order valence-electron chi connectivity index (χ2n) is 4.10. The molecule has 1 saturated heterocycles. The molecule has 2 unspecified atom stereocenters. The molecular formula is C10H21N3O2. The molecular weight excluding hydrogens is 194 g/mol. The van der Waals surface area contributed by atoms with Crippen LogP contribution < -0.4 is 11.1 Å². The second kappa shape index (κ2) is 6.05. The molecule has 0 aromatic heterocycles. The Balaban J connectivity index is 2.26. The van der Waals surface area contributed by atoms with E-state index in [0.29, 0.717) is 12.6 Å². The molecule has 3 N–H and O–H groups in total. The van der Waals surface area contributed by atoms with Crippen molar-refractivity contribution in [1.82, 2.24) is 10.2 Å². The molecule has 1 aliphatic heterocycles. The van der Waals surface area contributed by atoms with E-state index >= 15 is 0 Å². The molecule has 0 aliphatic carbocycles. The molecule has 0 radical (unpaired) electrons. The van der Waals surface area contributed by atoms with Crippen molar-refractivity contribution >= 4 is 5.91 Å². The minimum atomic E-state index is -0.309. The monoisotopic (exact) mass is 215 g/mol. The van der Waals surface area contributed by atoms with Crippen LogP contribution in [0.2, 0.25) is 0 Å². The lowest BCUT2D eigenvalue weighted by atomic mass is 10.2. The summed E-state index contributed by atoms with van der Waals surface area (Å²) in [7, 11) is 3.73. The van der Waals surface area contributed by atoms with E-state index in [2.05, 4.69) is 10.2 Å². The zero-order valence-corrected chi connectivity index (χ0v) is 9.53. The zero-order chi connectivity index (χ0) is 11.3. The van der Waals surface area contributed by atoms with E-state index < -0.39 is 0 Å². The van der Waals surface area contributed by atoms with Crippen LogP contribution in [0.25, 0.3) is 0 Å². The summed E-state index contributed by atoms with van der Waals surface area (Å²) in [4.78, 5) is 13.1. The van der Waals surface area contributed by atoms with Crippen LogP contribution in [0.4, 0.5) is 0 Å². The number of nitrogens with zero attached hydrogens (tertiary/aromatic N) is 1. The van der Waals surface area contributed by atoms with E-state index in [4.69, 9.17) is 10.5 Å². The maximum Gasteiger partial charge on any atom is 0.235 e. The molecule has 5 heteroatoms. The van der Waals surface area contributed by atoms with Gasteiger partial charge in [0.05, 0.1) is 12.1 Å². The highest BCUT2D eigenvalue weighted by Crippen LogP contribution is 2.12. The first kappa shape index (κ1) is 12.4. The van der Waals surface area contributed by atoms with Gasteiger partial charge >= 0.3 is 0 Å². The molecule has 1 aliphatic rings. The summed E-state index contributed by atoms with van der Waals surface area (Å²) in [5.74, 6) is -0.309. The van der Waals surface area contributed by atoms with Crippen molar-refractivity contribution in [2.45, 2.75) is 25.0 Å². The highest BCUT2D eigenvalue weighted by molar-refractivity contribution is 5.80. The molecule has 1 fully saturated rings. The Morgan fingerprint density at radius 2 is 2.47 bits per heavy atom. The van der Waals surface area contributed by atoms with E-state index in [1.54, 1.807) is 7.05 Å². The summed E-state index contributed by atoms with van der Waals surface area (Å²) in [6, 6.07) is -0.281. The summed E-state index contributed by atoms with van der Waals surface area (Å²) in [5.41, 5.74) is 5.24. The number of carbonyl (C=O) groups excluding carboxylic acids is 1. The summed E-state index contributed by atoms with van der Waals surface area (Å²) in [6.45, 7) is 2.36. The third-order valence-electron chi connectivity index (χ3n) is 2.73. The number of nitrogens with two attached hydrogens (primary N) is 1. The maximum atomic E-state index is 11.0. The molecule has 0 spiro atoms. The first-order chi connectivity index (χ1) is 7.13. The number of carbonyl (C=O) groups is 1. The number of amides is 1. The summed E-state index contributed by atoms with van der Waals surface area (Å²) < 4.78 is 5.52. The van der Waals surface area contributed by atoms with Crippen LogP contribution >= 0.6 is 0 Å². The Labute approximate surface area is 90.9 Å². The molecule has 1 amide bonds. The normalized spacial score (nSPS) is 23.3. The van der Waals surface area contributed by atoms with Crippen molar-refractivity contribution in [3.63, 3.8) is 0 Å². The van der Waals surface area contributed by atoms with E-state index in [0.717, 1.165) is 26.0 Å². The van der Waals surface area contributed by atoms with Gasteiger partial charge in [0.15, 0.2) is 0 Å². The maximum absolute atomic E-state index is 11.0. The summed E-state index contributed by atoms with van der Waals surface area (Å²) >= 11 is 0. The van der Waals surface area contributed by atoms with Gasteiger partial charge in [0.1, 0.15) is 0 Å². The van der Waals surface area contributed by atoms with Crippen molar-refractivity contribution in [3.05, 3.63) is 0 Å². The van der Waals surface area contributed by atoms with Gasteiger partial charge in [-0.1, -0.05) is 0 Å². The van der Waals surface area contributed by atoms with Gasteiger partial charge in [-0.15, -0.1) is 0 Å². The molecule has 0 bridgehead atoms.